The lowest BCUT2D eigenvalue weighted by atomic mass is 10.1. The SMILES string of the molecule is CCOC(=O)c1[nH]c2cc(OC)c(OC)cc2c1NC(=O)c1ccc(Cl)cc1. The van der Waals surface area contributed by atoms with E-state index in [1.165, 1.54) is 14.2 Å². The molecule has 146 valence electrons. The number of carbonyl (C=O) groups is 2. The molecule has 0 atom stereocenters. The van der Waals surface area contributed by atoms with Crippen molar-refractivity contribution in [1.29, 1.82) is 0 Å². The number of hydrogen-bond donors (Lipinski definition) is 2. The summed E-state index contributed by atoms with van der Waals surface area (Å²) in [6, 6.07) is 9.80. The van der Waals surface area contributed by atoms with Crippen LogP contribution in [-0.4, -0.2) is 37.7 Å². The number of ether oxygens (including phenoxy) is 3. The fraction of sp³-hybridized carbons (Fsp3) is 0.200. The van der Waals surface area contributed by atoms with E-state index in [1.54, 1.807) is 43.3 Å². The monoisotopic (exact) mass is 402 g/mol. The van der Waals surface area contributed by atoms with Gasteiger partial charge in [-0.1, -0.05) is 11.6 Å². The summed E-state index contributed by atoms with van der Waals surface area (Å²) in [7, 11) is 3.02. The molecule has 1 aromatic heterocycles. The first-order valence-corrected chi connectivity index (χ1v) is 8.88. The lowest BCUT2D eigenvalue weighted by Gasteiger charge is -2.09. The van der Waals surface area contributed by atoms with Crippen LogP contribution in [0.3, 0.4) is 0 Å². The van der Waals surface area contributed by atoms with E-state index in [0.717, 1.165) is 0 Å². The van der Waals surface area contributed by atoms with Gasteiger partial charge in [0.25, 0.3) is 5.91 Å². The molecule has 0 radical (unpaired) electrons. The van der Waals surface area contributed by atoms with Crippen LogP contribution in [0.4, 0.5) is 5.69 Å². The van der Waals surface area contributed by atoms with Gasteiger partial charge in [-0.15, -0.1) is 0 Å². The van der Waals surface area contributed by atoms with E-state index < -0.39 is 11.9 Å². The highest BCUT2D eigenvalue weighted by molar-refractivity contribution is 6.30. The van der Waals surface area contributed by atoms with Gasteiger partial charge in [0.05, 0.1) is 32.0 Å². The molecule has 0 aliphatic heterocycles. The predicted molar refractivity (Wildman–Crippen MR) is 107 cm³/mol. The summed E-state index contributed by atoms with van der Waals surface area (Å²) >= 11 is 5.88. The Morgan fingerprint density at radius 3 is 2.32 bits per heavy atom. The zero-order chi connectivity index (χ0) is 20.3. The third-order valence-electron chi connectivity index (χ3n) is 4.13. The minimum Gasteiger partial charge on any atom is -0.493 e. The molecule has 3 rings (SSSR count). The van der Waals surface area contributed by atoms with Gasteiger partial charge < -0.3 is 24.5 Å². The second-order valence-corrected chi connectivity index (χ2v) is 6.25. The molecule has 8 heteroatoms. The van der Waals surface area contributed by atoms with Crippen molar-refractivity contribution in [3.8, 4) is 11.5 Å². The summed E-state index contributed by atoms with van der Waals surface area (Å²) < 4.78 is 15.8. The van der Waals surface area contributed by atoms with Crippen molar-refractivity contribution in [1.82, 2.24) is 4.98 Å². The standard InChI is InChI=1S/C20H19ClN2O5/c1-4-28-20(25)18-17(23-19(24)11-5-7-12(21)8-6-11)13-9-15(26-2)16(27-3)10-14(13)22-18/h5-10,22H,4H2,1-3H3,(H,23,24). The molecule has 2 aromatic carbocycles. The second kappa shape index (κ2) is 8.22. The Hall–Kier alpha value is -3.19. The van der Waals surface area contributed by atoms with E-state index in [-0.39, 0.29) is 12.3 Å². The Balaban J connectivity index is 2.11. The number of esters is 1. The minimum absolute atomic E-state index is 0.134. The molecule has 28 heavy (non-hydrogen) atoms. The number of rotatable bonds is 6. The van der Waals surface area contributed by atoms with Gasteiger partial charge in [-0.05, 0) is 37.3 Å². The zero-order valence-electron chi connectivity index (χ0n) is 15.6. The number of H-pyrrole nitrogens is 1. The average Bonchev–Trinajstić information content (AvgIpc) is 3.04. The number of halogens is 1. The molecule has 1 amide bonds. The van der Waals surface area contributed by atoms with E-state index in [9.17, 15) is 9.59 Å². The Kier molecular flexibility index (Phi) is 5.75. The maximum atomic E-state index is 12.7. The fourth-order valence-corrected chi connectivity index (χ4v) is 2.92. The Bertz CT molecular complexity index is 1030. The van der Waals surface area contributed by atoms with Crippen molar-refractivity contribution < 1.29 is 23.8 Å². The third kappa shape index (κ3) is 3.75. The van der Waals surface area contributed by atoms with Crippen LogP contribution in [0.1, 0.15) is 27.8 Å². The van der Waals surface area contributed by atoms with Crippen molar-refractivity contribution >= 4 is 40.1 Å². The lowest BCUT2D eigenvalue weighted by molar-refractivity contribution is 0.0522. The molecule has 0 saturated heterocycles. The normalized spacial score (nSPS) is 10.6. The number of aromatic amines is 1. The molecule has 0 spiro atoms. The molecular weight excluding hydrogens is 384 g/mol. The summed E-state index contributed by atoms with van der Waals surface area (Å²) in [5.74, 6) is -0.0189. The van der Waals surface area contributed by atoms with Gasteiger partial charge >= 0.3 is 5.97 Å². The molecule has 7 nitrogen and oxygen atoms in total. The second-order valence-electron chi connectivity index (χ2n) is 5.81. The number of carbonyl (C=O) groups excluding carboxylic acids is 2. The van der Waals surface area contributed by atoms with Crippen LogP contribution < -0.4 is 14.8 Å². The number of aromatic nitrogens is 1. The summed E-state index contributed by atoms with van der Waals surface area (Å²) in [6.45, 7) is 1.91. The minimum atomic E-state index is -0.581. The van der Waals surface area contributed by atoms with Crippen LogP contribution in [0.25, 0.3) is 10.9 Å². The van der Waals surface area contributed by atoms with Gasteiger partial charge in [0, 0.05) is 22.0 Å². The maximum Gasteiger partial charge on any atom is 0.356 e. The molecule has 1 heterocycles. The van der Waals surface area contributed by atoms with Gasteiger partial charge in [-0.3, -0.25) is 4.79 Å². The molecule has 0 bridgehead atoms. The van der Waals surface area contributed by atoms with E-state index in [2.05, 4.69) is 10.3 Å². The first kappa shape index (κ1) is 19.6. The maximum absolute atomic E-state index is 12.7. The molecule has 2 N–H and O–H groups in total. The number of benzene rings is 2. The summed E-state index contributed by atoms with van der Waals surface area (Å²) in [6.07, 6.45) is 0. The highest BCUT2D eigenvalue weighted by Crippen LogP contribution is 2.37. The molecule has 3 aromatic rings. The van der Waals surface area contributed by atoms with Crippen molar-refractivity contribution in [2.45, 2.75) is 6.92 Å². The van der Waals surface area contributed by atoms with Crippen LogP contribution in [0.15, 0.2) is 36.4 Å². The average molecular weight is 403 g/mol. The van der Waals surface area contributed by atoms with E-state index >= 15 is 0 Å². The first-order valence-electron chi connectivity index (χ1n) is 8.50. The lowest BCUT2D eigenvalue weighted by Crippen LogP contribution is -2.15. The van der Waals surface area contributed by atoms with Crippen LogP contribution in [-0.2, 0) is 4.74 Å². The van der Waals surface area contributed by atoms with Crippen LogP contribution in [0.2, 0.25) is 5.02 Å². The van der Waals surface area contributed by atoms with Gasteiger partial charge in [-0.2, -0.15) is 0 Å². The number of anilines is 1. The van der Waals surface area contributed by atoms with Crippen molar-refractivity contribution in [3.63, 3.8) is 0 Å². The predicted octanol–water partition coefficient (Wildman–Crippen LogP) is 4.27. The summed E-state index contributed by atoms with van der Waals surface area (Å²) in [5.41, 5.74) is 1.42. The number of amides is 1. The van der Waals surface area contributed by atoms with E-state index in [4.69, 9.17) is 25.8 Å². The Morgan fingerprint density at radius 1 is 1.07 bits per heavy atom. The van der Waals surface area contributed by atoms with Crippen LogP contribution in [0, 0.1) is 0 Å². The number of methoxy groups -OCH3 is 2. The van der Waals surface area contributed by atoms with Gasteiger partial charge in [0.1, 0.15) is 5.69 Å². The van der Waals surface area contributed by atoms with Crippen molar-refractivity contribution in [2.75, 3.05) is 26.1 Å². The number of hydrogen-bond acceptors (Lipinski definition) is 5. The molecule has 0 saturated carbocycles. The van der Waals surface area contributed by atoms with Gasteiger partial charge in [0.15, 0.2) is 11.5 Å². The largest absolute Gasteiger partial charge is 0.493 e. The quantitative estimate of drug-likeness (QED) is 0.601. The Morgan fingerprint density at radius 2 is 1.71 bits per heavy atom. The Labute approximate surface area is 166 Å². The molecule has 0 fully saturated rings. The third-order valence-corrected chi connectivity index (χ3v) is 4.38. The zero-order valence-corrected chi connectivity index (χ0v) is 16.3. The van der Waals surface area contributed by atoms with Crippen molar-refractivity contribution in [3.05, 3.63) is 52.7 Å². The highest BCUT2D eigenvalue weighted by Gasteiger charge is 2.23. The highest BCUT2D eigenvalue weighted by atomic mass is 35.5. The fourth-order valence-electron chi connectivity index (χ4n) is 2.79. The van der Waals surface area contributed by atoms with Crippen molar-refractivity contribution in [2.24, 2.45) is 0 Å². The molecule has 0 aliphatic rings. The molecule has 0 aliphatic carbocycles. The van der Waals surface area contributed by atoms with E-state index in [1.807, 2.05) is 0 Å². The van der Waals surface area contributed by atoms with Crippen LogP contribution in [0.5, 0.6) is 11.5 Å². The van der Waals surface area contributed by atoms with Gasteiger partial charge in [0.2, 0.25) is 0 Å². The summed E-state index contributed by atoms with van der Waals surface area (Å²) in [4.78, 5) is 28.1. The van der Waals surface area contributed by atoms with Crippen LogP contribution >= 0.6 is 11.6 Å². The van der Waals surface area contributed by atoms with Gasteiger partial charge in [-0.25, -0.2) is 4.79 Å². The summed E-state index contributed by atoms with van der Waals surface area (Å²) in [5, 5.41) is 3.89. The number of fused-ring (bicyclic) bond motifs is 1. The first-order chi connectivity index (χ1) is 13.5. The topological polar surface area (TPSA) is 89.7 Å². The molecule has 0 unspecified atom stereocenters. The van der Waals surface area contributed by atoms with E-state index in [0.29, 0.717) is 38.7 Å². The molecular formula is C20H19ClN2O5. The number of nitrogens with one attached hydrogen (secondary N) is 2. The smallest absolute Gasteiger partial charge is 0.356 e.